The molecule has 1 heterocycles. The van der Waals surface area contributed by atoms with Gasteiger partial charge in [-0.05, 0) is 17.7 Å². The first-order chi connectivity index (χ1) is 6.84. The molecule has 1 aromatic carbocycles. The monoisotopic (exact) mass is 186 g/mol. The topological polar surface area (TPSA) is 26.3 Å². The van der Waals surface area contributed by atoms with Gasteiger partial charge in [-0.25, -0.2) is 0 Å². The van der Waals surface area contributed by atoms with E-state index in [1.54, 1.807) is 12.2 Å². The van der Waals surface area contributed by atoms with Crippen molar-refractivity contribution in [2.45, 2.75) is 6.42 Å². The van der Waals surface area contributed by atoms with Crippen LogP contribution in [0.15, 0.2) is 48.2 Å². The lowest BCUT2D eigenvalue weighted by molar-refractivity contribution is -0.136. The van der Waals surface area contributed by atoms with Crippen LogP contribution in [0.1, 0.15) is 12.0 Å². The predicted octanol–water partition coefficient (Wildman–Crippen LogP) is 2.53. The number of allylic oxidation sites excluding steroid dienone is 1. The maximum atomic E-state index is 10.8. The molecule has 0 unspecified atom stereocenters. The fraction of sp³-hybridized carbons (Fsp3) is 0.0833. The Balaban J connectivity index is 2.05. The summed E-state index contributed by atoms with van der Waals surface area (Å²) < 4.78 is 4.92. The molecule has 70 valence electrons. The van der Waals surface area contributed by atoms with E-state index in [-0.39, 0.29) is 5.97 Å². The summed E-state index contributed by atoms with van der Waals surface area (Å²) in [5.41, 5.74) is 1.09. The van der Waals surface area contributed by atoms with Crippen LogP contribution in [0, 0.1) is 0 Å². The molecule has 0 saturated heterocycles. The number of hydrogen-bond acceptors (Lipinski definition) is 2. The number of esters is 1. The van der Waals surface area contributed by atoms with E-state index < -0.39 is 0 Å². The van der Waals surface area contributed by atoms with Crippen molar-refractivity contribution in [3.05, 3.63) is 53.8 Å². The number of carbonyl (C=O) groups excluding carboxylic acids is 1. The lowest BCUT2D eigenvalue weighted by atomic mass is 10.2. The average Bonchev–Trinajstić information content (AvgIpc) is 2.63. The third-order valence-electron chi connectivity index (χ3n) is 1.94. The normalized spacial score (nSPS) is 15.7. The quantitative estimate of drug-likeness (QED) is 0.663. The molecular formula is C12H10O2. The summed E-state index contributed by atoms with van der Waals surface area (Å²) in [5, 5.41) is 0. The standard InChI is InChI=1S/C12H10O2/c13-12-9-8-11(14-12)7-6-10-4-2-1-3-5-10/h1-8H,9H2. The highest BCUT2D eigenvalue weighted by Gasteiger charge is 2.10. The van der Waals surface area contributed by atoms with E-state index in [4.69, 9.17) is 4.74 Å². The van der Waals surface area contributed by atoms with Gasteiger partial charge >= 0.3 is 5.97 Å². The van der Waals surface area contributed by atoms with Gasteiger partial charge in [0.15, 0.2) is 0 Å². The van der Waals surface area contributed by atoms with Gasteiger partial charge in [-0.15, -0.1) is 0 Å². The molecule has 2 rings (SSSR count). The highest BCUT2D eigenvalue weighted by atomic mass is 16.5. The summed E-state index contributed by atoms with van der Waals surface area (Å²) in [7, 11) is 0. The number of rotatable bonds is 2. The fourth-order valence-corrected chi connectivity index (χ4v) is 1.24. The molecule has 1 aliphatic rings. The van der Waals surface area contributed by atoms with Crippen molar-refractivity contribution in [1.82, 2.24) is 0 Å². The number of cyclic esters (lactones) is 1. The van der Waals surface area contributed by atoms with Crippen LogP contribution in [-0.4, -0.2) is 5.97 Å². The minimum atomic E-state index is -0.183. The Morgan fingerprint density at radius 2 is 1.93 bits per heavy atom. The van der Waals surface area contributed by atoms with Gasteiger partial charge < -0.3 is 4.74 Å². The van der Waals surface area contributed by atoms with Crippen molar-refractivity contribution in [1.29, 1.82) is 0 Å². The SMILES string of the molecule is O=C1CC=C(C=Cc2ccccc2)O1. The van der Waals surface area contributed by atoms with Crippen LogP contribution in [0.2, 0.25) is 0 Å². The maximum Gasteiger partial charge on any atom is 0.315 e. The van der Waals surface area contributed by atoms with Gasteiger partial charge in [-0.2, -0.15) is 0 Å². The zero-order valence-electron chi connectivity index (χ0n) is 7.64. The van der Waals surface area contributed by atoms with Gasteiger partial charge in [0.2, 0.25) is 0 Å². The number of hydrogen-bond donors (Lipinski definition) is 0. The first kappa shape index (κ1) is 8.75. The van der Waals surface area contributed by atoms with Crippen molar-refractivity contribution in [2.24, 2.45) is 0 Å². The van der Waals surface area contributed by atoms with Crippen LogP contribution in [-0.2, 0) is 9.53 Å². The molecule has 0 saturated carbocycles. The maximum absolute atomic E-state index is 10.8. The summed E-state index contributed by atoms with van der Waals surface area (Å²) >= 11 is 0. The molecule has 0 bridgehead atoms. The minimum Gasteiger partial charge on any atom is -0.427 e. The molecule has 0 radical (unpaired) electrons. The molecule has 0 aliphatic carbocycles. The molecule has 14 heavy (non-hydrogen) atoms. The molecule has 0 atom stereocenters. The Morgan fingerprint density at radius 3 is 2.57 bits per heavy atom. The van der Waals surface area contributed by atoms with Crippen LogP contribution in [0.3, 0.4) is 0 Å². The minimum absolute atomic E-state index is 0.183. The smallest absolute Gasteiger partial charge is 0.315 e. The Labute approximate surface area is 82.5 Å². The van der Waals surface area contributed by atoms with Crippen LogP contribution in [0.25, 0.3) is 6.08 Å². The first-order valence-corrected chi connectivity index (χ1v) is 4.48. The highest BCUT2D eigenvalue weighted by molar-refractivity contribution is 5.76. The third kappa shape index (κ3) is 2.10. The average molecular weight is 186 g/mol. The van der Waals surface area contributed by atoms with Crippen molar-refractivity contribution < 1.29 is 9.53 Å². The second kappa shape index (κ2) is 3.92. The largest absolute Gasteiger partial charge is 0.427 e. The van der Waals surface area contributed by atoms with Gasteiger partial charge in [0.1, 0.15) is 5.76 Å². The molecule has 0 spiro atoms. The summed E-state index contributed by atoms with van der Waals surface area (Å²) in [6.45, 7) is 0. The fourth-order valence-electron chi connectivity index (χ4n) is 1.24. The Kier molecular flexibility index (Phi) is 2.45. The van der Waals surface area contributed by atoms with E-state index in [0.29, 0.717) is 12.2 Å². The van der Waals surface area contributed by atoms with Crippen LogP contribution >= 0.6 is 0 Å². The molecule has 0 aromatic heterocycles. The molecule has 0 fully saturated rings. The van der Waals surface area contributed by atoms with Crippen LogP contribution < -0.4 is 0 Å². The van der Waals surface area contributed by atoms with Gasteiger partial charge in [-0.1, -0.05) is 36.4 Å². The lowest BCUT2D eigenvalue weighted by Gasteiger charge is -1.94. The van der Waals surface area contributed by atoms with E-state index in [2.05, 4.69) is 0 Å². The molecule has 0 N–H and O–H groups in total. The first-order valence-electron chi connectivity index (χ1n) is 4.48. The van der Waals surface area contributed by atoms with Gasteiger partial charge in [-0.3, -0.25) is 4.79 Å². The molecule has 2 nitrogen and oxygen atoms in total. The van der Waals surface area contributed by atoms with Crippen LogP contribution in [0.4, 0.5) is 0 Å². The summed E-state index contributed by atoms with van der Waals surface area (Å²) in [6.07, 6.45) is 5.89. The van der Waals surface area contributed by atoms with E-state index in [1.165, 1.54) is 0 Å². The van der Waals surface area contributed by atoms with Gasteiger partial charge in [0.05, 0.1) is 6.42 Å². The van der Waals surface area contributed by atoms with Gasteiger partial charge in [0.25, 0.3) is 0 Å². The molecule has 1 aliphatic heterocycles. The van der Waals surface area contributed by atoms with Crippen LogP contribution in [0.5, 0.6) is 0 Å². The Morgan fingerprint density at radius 1 is 1.14 bits per heavy atom. The Hall–Kier alpha value is -1.83. The van der Waals surface area contributed by atoms with Crippen molar-refractivity contribution in [3.8, 4) is 0 Å². The zero-order chi connectivity index (χ0) is 9.80. The third-order valence-corrected chi connectivity index (χ3v) is 1.94. The van der Waals surface area contributed by atoms with E-state index in [0.717, 1.165) is 5.56 Å². The van der Waals surface area contributed by atoms with Crippen molar-refractivity contribution in [3.63, 3.8) is 0 Å². The zero-order valence-corrected chi connectivity index (χ0v) is 7.64. The number of carbonyl (C=O) groups is 1. The summed E-state index contributed by atoms with van der Waals surface area (Å²) in [6, 6.07) is 9.89. The lowest BCUT2D eigenvalue weighted by Crippen LogP contribution is -1.91. The molecule has 1 aromatic rings. The van der Waals surface area contributed by atoms with Gasteiger partial charge in [0, 0.05) is 0 Å². The molecule has 2 heteroatoms. The second-order valence-electron chi connectivity index (χ2n) is 3.03. The Bertz CT molecular complexity index is 388. The summed E-state index contributed by atoms with van der Waals surface area (Å²) in [4.78, 5) is 10.8. The van der Waals surface area contributed by atoms with Crippen molar-refractivity contribution >= 4 is 12.0 Å². The summed E-state index contributed by atoms with van der Waals surface area (Å²) in [5.74, 6) is 0.455. The number of benzene rings is 1. The van der Waals surface area contributed by atoms with E-state index in [9.17, 15) is 4.79 Å². The second-order valence-corrected chi connectivity index (χ2v) is 3.03. The van der Waals surface area contributed by atoms with E-state index in [1.807, 2.05) is 36.4 Å². The number of ether oxygens (including phenoxy) is 1. The predicted molar refractivity (Wildman–Crippen MR) is 54.3 cm³/mol. The van der Waals surface area contributed by atoms with E-state index >= 15 is 0 Å². The highest BCUT2D eigenvalue weighted by Crippen LogP contribution is 2.13. The van der Waals surface area contributed by atoms with Crippen molar-refractivity contribution in [2.75, 3.05) is 0 Å². The molecule has 0 amide bonds. The molecular weight excluding hydrogens is 176 g/mol.